The number of benzene rings is 1. The van der Waals surface area contributed by atoms with E-state index in [0.29, 0.717) is 0 Å². The first-order chi connectivity index (χ1) is 8.63. The molecule has 1 aliphatic rings. The molecule has 0 saturated carbocycles. The van der Waals surface area contributed by atoms with E-state index in [0.717, 1.165) is 37.9 Å². The lowest BCUT2D eigenvalue weighted by Crippen LogP contribution is -2.33. The van der Waals surface area contributed by atoms with Crippen LogP contribution in [0.2, 0.25) is 0 Å². The van der Waals surface area contributed by atoms with Crippen LogP contribution in [0.3, 0.4) is 0 Å². The maximum atomic E-state index is 11.6. The summed E-state index contributed by atoms with van der Waals surface area (Å²) in [6, 6.07) is 6.78. The third kappa shape index (κ3) is 2.56. The molecule has 1 amide bonds. The van der Waals surface area contributed by atoms with E-state index in [9.17, 15) is 4.79 Å². The van der Waals surface area contributed by atoms with Crippen LogP contribution < -0.4 is 10.6 Å². The fourth-order valence-electron chi connectivity index (χ4n) is 2.79. The summed E-state index contributed by atoms with van der Waals surface area (Å²) < 4.78 is 0. The molecule has 1 heterocycles. The Morgan fingerprint density at radius 2 is 2.22 bits per heavy atom. The van der Waals surface area contributed by atoms with E-state index in [-0.39, 0.29) is 11.9 Å². The first-order valence-electron chi connectivity index (χ1n) is 6.75. The van der Waals surface area contributed by atoms with Crippen LogP contribution in [0.1, 0.15) is 37.8 Å². The van der Waals surface area contributed by atoms with Crippen LogP contribution >= 0.6 is 0 Å². The van der Waals surface area contributed by atoms with Crippen molar-refractivity contribution in [1.82, 2.24) is 0 Å². The molecule has 0 spiro atoms. The lowest BCUT2D eigenvalue weighted by Gasteiger charge is -2.20. The fourth-order valence-corrected chi connectivity index (χ4v) is 2.79. The number of carbonyl (C=O) groups excluding carboxylic acids is 1. The molecule has 3 heteroatoms. The van der Waals surface area contributed by atoms with E-state index < -0.39 is 0 Å². The summed E-state index contributed by atoms with van der Waals surface area (Å²) in [4.78, 5) is 13.5. The molecule has 0 radical (unpaired) electrons. The van der Waals surface area contributed by atoms with E-state index in [1.807, 2.05) is 4.90 Å². The van der Waals surface area contributed by atoms with Crippen molar-refractivity contribution in [2.24, 2.45) is 5.73 Å². The molecule has 1 aliphatic heterocycles. The van der Waals surface area contributed by atoms with Crippen LogP contribution in [0.15, 0.2) is 18.2 Å². The summed E-state index contributed by atoms with van der Waals surface area (Å²) in [5.41, 5.74) is 9.27. The van der Waals surface area contributed by atoms with E-state index in [4.69, 9.17) is 5.73 Å². The standard InChI is InChI=1S/C15H22N2O/c1-11-9-14-10-13(5-3-4-8-16)6-7-15(14)17(11)12(2)18/h6-7,10-11H,3-5,8-9,16H2,1-2H3. The number of anilines is 1. The largest absolute Gasteiger partial charge is 0.330 e. The van der Waals surface area contributed by atoms with Gasteiger partial charge in [0, 0.05) is 18.7 Å². The SMILES string of the molecule is CC(=O)N1c2ccc(CCCCN)cc2CC1C. The summed E-state index contributed by atoms with van der Waals surface area (Å²) in [5, 5.41) is 0. The van der Waals surface area contributed by atoms with Crippen LogP contribution in [-0.2, 0) is 17.6 Å². The van der Waals surface area contributed by atoms with E-state index in [1.54, 1.807) is 6.92 Å². The average Bonchev–Trinajstić information content (AvgIpc) is 2.64. The highest BCUT2D eigenvalue weighted by molar-refractivity contribution is 5.94. The van der Waals surface area contributed by atoms with Crippen LogP contribution in [0.5, 0.6) is 0 Å². The summed E-state index contributed by atoms with van der Waals surface area (Å²) in [7, 11) is 0. The second-order valence-electron chi connectivity index (χ2n) is 5.15. The summed E-state index contributed by atoms with van der Waals surface area (Å²) in [6.45, 7) is 4.51. The van der Waals surface area contributed by atoms with Crippen molar-refractivity contribution in [3.63, 3.8) is 0 Å². The summed E-state index contributed by atoms with van der Waals surface area (Å²) in [5.74, 6) is 0.136. The molecule has 1 unspecified atom stereocenters. The van der Waals surface area contributed by atoms with Crippen molar-refractivity contribution in [2.75, 3.05) is 11.4 Å². The Labute approximate surface area is 109 Å². The van der Waals surface area contributed by atoms with Crippen LogP contribution in [0, 0.1) is 0 Å². The Bertz CT molecular complexity index is 442. The number of hydrogen-bond donors (Lipinski definition) is 1. The average molecular weight is 246 g/mol. The van der Waals surface area contributed by atoms with Gasteiger partial charge in [0.15, 0.2) is 0 Å². The first kappa shape index (κ1) is 13.1. The fraction of sp³-hybridized carbons (Fsp3) is 0.533. The number of carbonyl (C=O) groups is 1. The topological polar surface area (TPSA) is 46.3 Å². The normalized spacial score (nSPS) is 17.9. The molecule has 1 aromatic carbocycles. The predicted octanol–water partition coefficient (Wildman–Crippen LogP) is 2.27. The first-order valence-corrected chi connectivity index (χ1v) is 6.75. The third-order valence-electron chi connectivity index (χ3n) is 3.62. The van der Waals surface area contributed by atoms with Crippen molar-refractivity contribution >= 4 is 11.6 Å². The van der Waals surface area contributed by atoms with E-state index >= 15 is 0 Å². The molecular weight excluding hydrogens is 224 g/mol. The maximum Gasteiger partial charge on any atom is 0.224 e. The number of nitrogens with two attached hydrogens (primary N) is 1. The zero-order valence-electron chi connectivity index (χ0n) is 11.3. The molecule has 18 heavy (non-hydrogen) atoms. The zero-order chi connectivity index (χ0) is 13.1. The molecular formula is C15H22N2O. The number of nitrogens with zero attached hydrogens (tertiary/aromatic N) is 1. The second-order valence-corrected chi connectivity index (χ2v) is 5.15. The molecule has 2 rings (SSSR count). The van der Waals surface area contributed by atoms with Gasteiger partial charge in [0.05, 0.1) is 0 Å². The monoisotopic (exact) mass is 246 g/mol. The minimum Gasteiger partial charge on any atom is -0.330 e. The molecule has 1 aromatic rings. The quantitative estimate of drug-likeness (QED) is 0.828. The van der Waals surface area contributed by atoms with E-state index in [1.165, 1.54) is 11.1 Å². The van der Waals surface area contributed by atoms with Crippen LogP contribution in [0.25, 0.3) is 0 Å². The summed E-state index contributed by atoms with van der Waals surface area (Å²) in [6.07, 6.45) is 4.27. The molecule has 0 saturated heterocycles. The van der Waals surface area contributed by atoms with Gasteiger partial charge in [-0.15, -0.1) is 0 Å². The molecule has 0 fully saturated rings. The third-order valence-corrected chi connectivity index (χ3v) is 3.62. The van der Waals surface area contributed by atoms with Crippen LogP contribution in [-0.4, -0.2) is 18.5 Å². The number of aryl methyl sites for hydroxylation is 1. The van der Waals surface area contributed by atoms with Gasteiger partial charge in [0.1, 0.15) is 0 Å². The van der Waals surface area contributed by atoms with Gasteiger partial charge >= 0.3 is 0 Å². The van der Waals surface area contributed by atoms with Gasteiger partial charge in [-0.2, -0.15) is 0 Å². The predicted molar refractivity (Wildman–Crippen MR) is 74.8 cm³/mol. The molecule has 3 nitrogen and oxygen atoms in total. The second kappa shape index (κ2) is 5.53. The molecule has 1 atom stereocenters. The Balaban J connectivity index is 2.15. The van der Waals surface area contributed by atoms with Gasteiger partial charge in [-0.3, -0.25) is 4.79 Å². The number of hydrogen-bond acceptors (Lipinski definition) is 2. The van der Waals surface area contributed by atoms with E-state index in [2.05, 4.69) is 25.1 Å². The zero-order valence-corrected chi connectivity index (χ0v) is 11.3. The molecule has 0 aromatic heterocycles. The highest BCUT2D eigenvalue weighted by atomic mass is 16.2. The van der Waals surface area contributed by atoms with Gasteiger partial charge in [-0.25, -0.2) is 0 Å². The van der Waals surface area contributed by atoms with Gasteiger partial charge in [-0.1, -0.05) is 12.1 Å². The van der Waals surface area contributed by atoms with Crippen molar-refractivity contribution < 1.29 is 4.79 Å². The van der Waals surface area contributed by atoms with Crippen LogP contribution in [0.4, 0.5) is 5.69 Å². The smallest absolute Gasteiger partial charge is 0.224 e. The lowest BCUT2D eigenvalue weighted by atomic mass is 10.0. The maximum absolute atomic E-state index is 11.6. The van der Waals surface area contributed by atoms with Gasteiger partial charge in [-0.05, 0) is 56.3 Å². The molecule has 2 N–H and O–H groups in total. The Morgan fingerprint density at radius 3 is 2.89 bits per heavy atom. The van der Waals surface area contributed by atoms with Gasteiger partial charge in [0.25, 0.3) is 0 Å². The summed E-state index contributed by atoms with van der Waals surface area (Å²) >= 11 is 0. The van der Waals surface area contributed by atoms with Crippen molar-refractivity contribution in [3.8, 4) is 0 Å². The molecule has 0 aliphatic carbocycles. The molecule has 0 bridgehead atoms. The number of fused-ring (bicyclic) bond motifs is 1. The minimum atomic E-state index is 0.136. The van der Waals surface area contributed by atoms with Crippen molar-refractivity contribution in [1.29, 1.82) is 0 Å². The highest BCUT2D eigenvalue weighted by Gasteiger charge is 2.28. The Hall–Kier alpha value is -1.35. The van der Waals surface area contributed by atoms with Gasteiger partial charge in [0.2, 0.25) is 5.91 Å². The Morgan fingerprint density at radius 1 is 1.44 bits per heavy atom. The lowest BCUT2D eigenvalue weighted by molar-refractivity contribution is -0.116. The molecule has 98 valence electrons. The van der Waals surface area contributed by atoms with Gasteiger partial charge < -0.3 is 10.6 Å². The highest BCUT2D eigenvalue weighted by Crippen LogP contribution is 2.33. The minimum absolute atomic E-state index is 0.136. The van der Waals surface area contributed by atoms with Crippen molar-refractivity contribution in [2.45, 2.75) is 45.6 Å². The number of amides is 1. The number of unbranched alkanes of at least 4 members (excludes halogenated alkanes) is 1. The number of rotatable bonds is 4. The Kier molecular flexibility index (Phi) is 4.02. The van der Waals surface area contributed by atoms with Crippen molar-refractivity contribution in [3.05, 3.63) is 29.3 Å².